The lowest BCUT2D eigenvalue weighted by molar-refractivity contribution is 0.595. The van der Waals surface area contributed by atoms with Crippen molar-refractivity contribution < 1.29 is 8.42 Å². The maximum atomic E-state index is 12.1. The lowest BCUT2D eigenvalue weighted by Crippen LogP contribution is -2.16. The smallest absolute Gasteiger partial charge is 0.180 e. The molecular formula is C12H18N2O2S. The van der Waals surface area contributed by atoms with Crippen molar-refractivity contribution in [3.05, 3.63) is 24.3 Å². The first-order chi connectivity index (χ1) is 8.04. The Morgan fingerprint density at radius 1 is 1.41 bits per heavy atom. The molecule has 17 heavy (non-hydrogen) atoms. The molecule has 1 aliphatic carbocycles. The third-order valence-corrected chi connectivity index (χ3v) is 4.85. The van der Waals surface area contributed by atoms with Gasteiger partial charge < -0.3 is 11.1 Å². The van der Waals surface area contributed by atoms with Crippen molar-refractivity contribution in [2.45, 2.75) is 36.7 Å². The predicted octanol–water partition coefficient (Wildman–Crippen LogP) is 1.38. The number of nitrogens with two attached hydrogens (primary N) is 1. The third-order valence-electron chi connectivity index (χ3n) is 2.88. The van der Waals surface area contributed by atoms with E-state index in [-0.39, 0.29) is 17.8 Å². The highest BCUT2D eigenvalue weighted by Gasteiger charge is 2.34. The Bertz CT molecular complexity index is 499. The Hall–Kier alpha value is -1.07. The third kappa shape index (κ3) is 2.79. The van der Waals surface area contributed by atoms with Crippen LogP contribution in [-0.2, 0) is 9.84 Å². The largest absolute Gasteiger partial charge is 0.380 e. The summed E-state index contributed by atoms with van der Waals surface area (Å²) in [5, 5.41) is 3.19. The average molecular weight is 254 g/mol. The summed E-state index contributed by atoms with van der Waals surface area (Å²) in [5.41, 5.74) is 6.40. The molecule has 1 fully saturated rings. The molecule has 1 aliphatic rings. The summed E-state index contributed by atoms with van der Waals surface area (Å²) in [6.07, 6.45) is 1.53. The molecule has 4 nitrogen and oxygen atoms in total. The summed E-state index contributed by atoms with van der Waals surface area (Å²) in [6, 6.07) is 7.40. The predicted molar refractivity (Wildman–Crippen MR) is 68.8 cm³/mol. The molecule has 0 aromatic heterocycles. The fourth-order valence-electron chi connectivity index (χ4n) is 1.82. The highest BCUT2D eigenvalue weighted by Crippen LogP contribution is 2.28. The van der Waals surface area contributed by atoms with Gasteiger partial charge in [0.25, 0.3) is 0 Å². The van der Waals surface area contributed by atoms with Crippen molar-refractivity contribution in [2.24, 2.45) is 5.73 Å². The number of rotatable bonds is 5. The van der Waals surface area contributed by atoms with E-state index in [0.29, 0.717) is 17.0 Å². The van der Waals surface area contributed by atoms with E-state index in [1.807, 2.05) is 13.0 Å². The van der Waals surface area contributed by atoms with Gasteiger partial charge >= 0.3 is 0 Å². The van der Waals surface area contributed by atoms with Crippen LogP contribution in [0.5, 0.6) is 0 Å². The van der Waals surface area contributed by atoms with Gasteiger partial charge in [-0.25, -0.2) is 8.42 Å². The number of para-hydroxylation sites is 1. The second kappa shape index (κ2) is 4.66. The van der Waals surface area contributed by atoms with E-state index >= 15 is 0 Å². The lowest BCUT2D eigenvalue weighted by Gasteiger charge is -2.11. The second-order valence-corrected chi connectivity index (χ2v) is 6.54. The molecule has 1 saturated carbocycles. The van der Waals surface area contributed by atoms with Crippen LogP contribution in [-0.4, -0.2) is 26.3 Å². The highest BCUT2D eigenvalue weighted by molar-refractivity contribution is 7.91. The molecule has 2 atom stereocenters. The van der Waals surface area contributed by atoms with Gasteiger partial charge in [-0.1, -0.05) is 19.1 Å². The molecule has 0 radical (unpaired) electrons. The molecule has 2 rings (SSSR count). The van der Waals surface area contributed by atoms with Gasteiger partial charge in [0.2, 0.25) is 0 Å². The maximum Gasteiger partial charge on any atom is 0.180 e. The molecular weight excluding hydrogens is 236 g/mol. The number of sulfone groups is 1. The van der Waals surface area contributed by atoms with Crippen LogP contribution in [0.1, 0.15) is 19.8 Å². The van der Waals surface area contributed by atoms with Crippen molar-refractivity contribution in [3.8, 4) is 0 Å². The normalized spacial score (nSPS) is 23.4. The molecule has 2 unspecified atom stereocenters. The van der Waals surface area contributed by atoms with E-state index in [1.165, 1.54) is 0 Å². The van der Waals surface area contributed by atoms with Gasteiger partial charge in [0, 0.05) is 12.1 Å². The van der Waals surface area contributed by atoms with Crippen LogP contribution in [0, 0.1) is 0 Å². The van der Waals surface area contributed by atoms with Crippen molar-refractivity contribution in [1.82, 2.24) is 0 Å². The van der Waals surface area contributed by atoms with Crippen molar-refractivity contribution in [1.29, 1.82) is 0 Å². The Balaban J connectivity index is 2.27. The number of hydrogen-bond acceptors (Lipinski definition) is 4. The minimum Gasteiger partial charge on any atom is -0.380 e. The van der Waals surface area contributed by atoms with Gasteiger partial charge in [0.05, 0.1) is 16.3 Å². The summed E-state index contributed by atoms with van der Waals surface area (Å²) in [6.45, 7) is 1.87. The Labute approximate surface area is 102 Å². The Morgan fingerprint density at radius 3 is 2.65 bits per heavy atom. The molecule has 94 valence electrons. The van der Waals surface area contributed by atoms with Gasteiger partial charge in [-0.05, 0) is 25.0 Å². The molecule has 0 amide bonds. The van der Waals surface area contributed by atoms with Crippen LogP contribution in [0.25, 0.3) is 0 Å². The number of anilines is 1. The average Bonchev–Trinajstić information content (AvgIpc) is 2.95. The summed E-state index contributed by atoms with van der Waals surface area (Å²) in [5.74, 6) is 0.183. The van der Waals surface area contributed by atoms with Crippen molar-refractivity contribution >= 4 is 15.5 Å². The second-order valence-electron chi connectivity index (χ2n) is 4.47. The minimum atomic E-state index is -3.18. The van der Waals surface area contributed by atoms with Crippen LogP contribution in [0.4, 0.5) is 5.69 Å². The molecule has 0 aliphatic heterocycles. The van der Waals surface area contributed by atoms with E-state index in [4.69, 9.17) is 5.73 Å². The lowest BCUT2D eigenvalue weighted by atomic mass is 10.3. The van der Waals surface area contributed by atoms with Crippen LogP contribution in [0.2, 0.25) is 0 Å². The van der Waals surface area contributed by atoms with Crippen LogP contribution < -0.4 is 11.1 Å². The molecule has 3 N–H and O–H groups in total. The van der Waals surface area contributed by atoms with E-state index in [0.717, 1.165) is 6.42 Å². The van der Waals surface area contributed by atoms with E-state index in [1.54, 1.807) is 18.2 Å². The zero-order valence-corrected chi connectivity index (χ0v) is 10.7. The van der Waals surface area contributed by atoms with E-state index in [2.05, 4.69) is 5.32 Å². The van der Waals surface area contributed by atoms with E-state index in [9.17, 15) is 8.42 Å². The molecule has 0 bridgehead atoms. The van der Waals surface area contributed by atoms with Crippen LogP contribution >= 0.6 is 0 Å². The van der Waals surface area contributed by atoms with Crippen molar-refractivity contribution in [2.75, 3.05) is 11.1 Å². The molecule has 0 heterocycles. The topological polar surface area (TPSA) is 72.2 Å². The SMILES string of the molecule is CCCS(=O)(=O)c1ccccc1NC1CC1N. The quantitative estimate of drug-likeness (QED) is 0.832. The van der Waals surface area contributed by atoms with Crippen molar-refractivity contribution in [3.63, 3.8) is 0 Å². The Morgan fingerprint density at radius 2 is 2.06 bits per heavy atom. The van der Waals surface area contributed by atoms with Crippen LogP contribution in [0.15, 0.2) is 29.2 Å². The number of nitrogens with one attached hydrogen (secondary N) is 1. The summed E-state index contributed by atoms with van der Waals surface area (Å²) >= 11 is 0. The minimum absolute atomic E-state index is 0.150. The zero-order chi connectivity index (χ0) is 12.5. The molecule has 1 aromatic rings. The number of benzene rings is 1. The molecule has 0 saturated heterocycles. The first kappa shape index (κ1) is 12.4. The molecule has 0 spiro atoms. The molecule has 1 aromatic carbocycles. The molecule has 5 heteroatoms. The van der Waals surface area contributed by atoms with E-state index < -0.39 is 9.84 Å². The fraction of sp³-hybridized carbons (Fsp3) is 0.500. The standard InChI is InChI=1S/C12H18N2O2S/c1-2-7-17(15,16)12-6-4-3-5-10(12)14-11-8-9(11)13/h3-6,9,11,14H,2,7-8,13H2,1H3. The summed E-state index contributed by atoms with van der Waals surface area (Å²) in [4.78, 5) is 0.390. The first-order valence-corrected chi connectivity index (χ1v) is 7.53. The fourth-order valence-corrected chi connectivity index (χ4v) is 3.32. The van der Waals surface area contributed by atoms with Gasteiger partial charge in [-0.3, -0.25) is 0 Å². The summed E-state index contributed by atoms with van der Waals surface area (Å²) < 4.78 is 24.1. The zero-order valence-electron chi connectivity index (χ0n) is 9.89. The van der Waals surface area contributed by atoms with Gasteiger partial charge in [-0.2, -0.15) is 0 Å². The highest BCUT2D eigenvalue weighted by atomic mass is 32.2. The van der Waals surface area contributed by atoms with Gasteiger partial charge in [-0.15, -0.1) is 0 Å². The van der Waals surface area contributed by atoms with Crippen LogP contribution in [0.3, 0.4) is 0 Å². The van der Waals surface area contributed by atoms with Gasteiger partial charge in [0.15, 0.2) is 9.84 Å². The summed E-state index contributed by atoms with van der Waals surface area (Å²) in [7, 11) is -3.18. The maximum absolute atomic E-state index is 12.1. The Kier molecular flexibility index (Phi) is 3.40. The van der Waals surface area contributed by atoms with Gasteiger partial charge in [0.1, 0.15) is 0 Å². The monoisotopic (exact) mass is 254 g/mol. The number of hydrogen-bond donors (Lipinski definition) is 2. The first-order valence-electron chi connectivity index (χ1n) is 5.88.